The minimum atomic E-state index is -0.360. The first kappa shape index (κ1) is 19.4. The Morgan fingerprint density at radius 3 is 2.52 bits per heavy atom. The highest BCUT2D eigenvalue weighted by molar-refractivity contribution is 8.00. The van der Waals surface area contributed by atoms with Gasteiger partial charge in [-0.05, 0) is 45.0 Å². The third-order valence-electron chi connectivity index (χ3n) is 3.70. The average Bonchev–Trinajstić information content (AvgIpc) is 3.05. The lowest BCUT2D eigenvalue weighted by Gasteiger charge is -2.12. The Kier molecular flexibility index (Phi) is 6.12. The highest BCUT2D eigenvalue weighted by Crippen LogP contribution is 2.27. The molecule has 8 nitrogen and oxygen atoms in total. The van der Waals surface area contributed by atoms with Crippen LogP contribution in [0, 0.1) is 0 Å². The molecule has 0 aliphatic carbocycles. The molecule has 0 aliphatic heterocycles. The predicted octanol–water partition coefficient (Wildman–Crippen LogP) is 3.40. The zero-order valence-corrected chi connectivity index (χ0v) is 16.8. The lowest BCUT2D eigenvalue weighted by Crippen LogP contribution is -2.15. The highest BCUT2D eigenvalue weighted by Gasteiger charge is 2.21. The summed E-state index contributed by atoms with van der Waals surface area (Å²) in [4.78, 5) is 21.5. The molecular weight excluding hydrogens is 386 g/mol. The summed E-state index contributed by atoms with van der Waals surface area (Å²) >= 11 is 7.21. The maximum Gasteiger partial charge on any atom is 0.261 e. The van der Waals surface area contributed by atoms with E-state index < -0.39 is 0 Å². The van der Waals surface area contributed by atoms with Gasteiger partial charge in [0.05, 0.1) is 5.25 Å². The molecule has 0 aliphatic rings. The van der Waals surface area contributed by atoms with Gasteiger partial charge in [0, 0.05) is 23.7 Å². The van der Waals surface area contributed by atoms with Crippen molar-refractivity contribution in [2.45, 2.75) is 31.2 Å². The van der Waals surface area contributed by atoms with E-state index in [1.54, 1.807) is 28.7 Å². The van der Waals surface area contributed by atoms with Gasteiger partial charge in [0.1, 0.15) is 0 Å². The second-order valence-corrected chi connectivity index (χ2v) is 7.43. The van der Waals surface area contributed by atoms with Crippen LogP contribution in [0.1, 0.15) is 31.1 Å². The van der Waals surface area contributed by atoms with Crippen LogP contribution in [0.4, 0.5) is 11.9 Å². The number of anilines is 2. The molecule has 3 aromatic rings. The molecule has 0 fully saturated rings. The second-order valence-electron chi connectivity index (χ2n) is 5.68. The SMILES string of the molecule is CCNc1nc(NCC)n2c(SC(C)C(=O)c3ccc(Cl)cc3)nnc2n1. The van der Waals surface area contributed by atoms with E-state index in [4.69, 9.17) is 11.6 Å². The monoisotopic (exact) mass is 405 g/mol. The van der Waals surface area contributed by atoms with E-state index >= 15 is 0 Å². The summed E-state index contributed by atoms with van der Waals surface area (Å²) in [5.41, 5.74) is 0.603. The molecule has 1 atom stereocenters. The van der Waals surface area contributed by atoms with Crippen LogP contribution in [0.3, 0.4) is 0 Å². The van der Waals surface area contributed by atoms with Crippen LogP contribution < -0.4 is 10.6 Å². The molecule has 3 rings (SSSR count). The van der Waals surface area contributed by atoms with Gasteiger partial charge in [-0.25, -0.2) is 4.40 Å². The summed E-state index contributed by atoms with van der Waals surface area (Å²) in [6, 6.07) is 6.86. The van der Waals surface area contributed by atoms with Crippen molar-refractivity contribution >= 4 is 46.8 Å². The van der Waals surface area contributed by atoms with E-state index in [0.29, 0.717) is 46.5 Å². The molecule has 27 heavy (non-hydrogen) atoms. The number of Topliss-reactive ketones (excluding diaryl/α,β-unsaturated/α-hetero) is 1. The number of ketones is 1. The Morgan fingerprint density at radius 1 is 1.15 bits per heavy atom. The van der Waals surface area contributed by atoms with Crippen LogP contribution in [0.2, 0.25) is 5.02 Å². The van der Waals surface area contributed by atoms with Crippen molar-refractivity contribution in [2.24, 2.45) is 0 Å². The molecule has 0 bridgehead atoms. The number of benzene rings is 1. The normalized spacial score (nSPS) is 12.1. The fourth-order valence-corrected chi connectivity index (χ4v) is 3.49. The highest BCUT2D eigenvalue weighted by atomic mass is 35.5. The number of carbonyl (C=O) groups is 1. The third kappa shape index (κ3) is 4.30. The maximum absolute atomic E-state index is 12.7. The maximum atomic E-state index is 12.7. The first-order chi connectivity index (χ1) is 13.0. The Labute approximate surface area is 166 Å². The van der Waals surface area contributed by atoms with Gasteiger partial charge in [-0.2, -0.15) is 9.97 Å². The van der Waals surface area contributed by atoms with Crippen molar-refractivity contribution in [2.75, 3.05) is 23.7 Å². The average molecular weight is 406 g/mol. The second kappa shape index (κ2) is 8.53. The number of nitrogens with one attached hydrogen (secondary N) is 2. The van der Waals surface area contributed by atoms with Crippen molar-refractivity contribution in [3.8, 4) is 0 Å². The fourth-order valence-electron chi connectivity index (χ4n) is 2.44. The van der Waals surface area contributed by atoms with Crippen LogP contribution in [0.5, 0.6) is 0 Å². The van der Waals surface area contributed by atoms with E-state index in [1.807, 2.05) is 20.8 Å². The Bertz CT molecular complexity index is 944. The molecule has 2 heterocycles. The minimum absolute atomic E-state index is 0.0106. The summed E-state index contributed by atoms with van der Waals surface area (Å²) < 4.78 is 1.72. The van der Waals surface area contributed by atoms with Gasteiger partial charge < -0.3 is 10.6 Å². The predicted molar refractivity (Wildman–Crippen MR) is 108 cm³/mol. The molecular formula is C17H20ClN7OS. The van der Waals surface area contributed by atoms with E-state index in [0.717, 1.165) is 0 Å². The molecule has 2 aromatic heterocycles. The first-order valence-corrected chi connectivity index (χ1v) is 9.86. The lowest BCUT2D eigenvalue weighted by molar-refractivity contribution is 0.0994. The van der Waals surface area contributed by atoms with Gasteiger partial charge in [0.25, 0.3) is 5.78 Å². The Hall–Kier alpha value is -2.39. The van der Waals surface area contributed by atoms with Crippen LogP contribution >= 0.6 is 23.4 Å². The number of thioether (sulfide) groups is 1. The number of hydrogen-bond acceptors (Lipinski definition) is 8. The molecule has 142 valence electrons. The summed E-state index contributed by atoms with van der Waals surface area (Å²) in [6.45, 7) is 7.16. The van der Waals surface area contributed by atoms with Crippen LogP contribution in [0.25, 0.3) is 5.78 Å². The number of hydrogen-bond donors (Lipinski definition) is 2. The smallest absolute Gasteiger partial charge is 0.261 e. The van der Waals surface area contributed by atoms with Gasteiger partial charge in [-0.1, -0.05) is 23.4 Å². The third-order valence-corrected chi connectivity index (χ3v) is 4.99. The van der Waals surface area contributed by atoms with Crippen molar-refractivity contribution < 1.29 is 4.79 Å². The summed E-state index contributed by atoms with van der Waals surface area (Å²) in [5, 5.41) is 15.4. The quantitative estimate of drug-likeness (QED) is 0.434. The zero-order chi connectivity index (χ0) is 19.4. The van der Waals surface area contributed by atoms with E-state index in [1.165, 1.54) is 11.8 Å². The van der Waals surface area contributed by atoms with Crippen LogP contribution in [-0.4, -0.2) is 48.7 Å². The molecule has 0 radical (unpaired) electrons. The van der Waals surface area contributed by atoms with Gasteiger partial charge >= 0.3 is 0 Å². The lowest BCUT2D eigenvalue weighted by atomic mass is 10.1. The zero-order valence-electron chi connectivity index (χ0n) is 15.2. The summed E-state index contributed by atoms with van der Waals surface area (Å²) in [5.74, 6) is 1.47. The number of rotatable bonds is 8. The number of carbonyl (C=O) groups excluding carboxylic acids is 1. The molecule has 1 aromatic carbocycles. The molecule has 2 N–H and O–H groups in total. The molecule has 0 saturated carbocycles. The van der Waals surface area contributed by atoms with Crippen molar-refractivity contribution in [1.82, 2.24) is 24.6 Å². The van der Waals surface area contributed by atoms with E-state index in [-0.39, 0.29) is 11.0 Å². The van der Waals surface area contributed by atoms with E-state index in [9.17, 15) is 4.79 Å². The van der Waals surface area contributed by atoms with Crippen LogP contribution in [-0.2, 0) is 0 Å². The topological polar surface area (TPSA) is 97.1 Å². The van der Waals surface area contributed by atoms with Crippen molar-refractivity contribution in [1.29, 1.82) is 0 Å². The number of halogens is 1. The number of nitrogens with zero attached hydrogens (tertiary/aromatic N) is 5. The van der Waals surface area contributed by atoms with Gasteiger partial charge in [-0.15, -0.1) is 10.2 Å². The largest absolute Gasteiger partial charge is 0.355 e. The van der Waals surface area contributed by atoms with Crippen molar-refractivity contribution in [3.05, 3.63) is 34.9 Å². The van der Waals surface area contributed by atoms with Crippen LogP contribution in [0.15, 0.2) is 29.4 Å². The standard InChI is InChI=1S/C17H20ClN7OS/c1-4-19-14-21-15(20-5-2)25-16(22-14)23-24-17(25)27-10(3)13(26)11-6-8-12(18)9-7-11/h6-10H,4-5H2,1-3H3,(H2,19,20,21,22,23). The summed E-state index contributed by atoms with van der Waals surface area (Å²) in [6.07, 6.45) is 0. The first-order valence-electron chi connectivity index (χ1n) is 8.60. The number of aromatic nitrogens is 5. The molecule has 0 spiro atoms. The molecule has 0 amide bonds. The van der Waals surface area contributed by atoms with Crippen molar-refractivity contribution in [3.63, 3.8) is 0 Å². The molecule has 10 heteroatoms. The van der Waals surface area contributed by atoms with Gasteiger partial charge in [-0.3, -0.25) is 4.79 Å². The van der Waals surface area contributed by atoms with E-state index in [2.05, 4.69) is 30.8 Å². The minimum Gasteiger partial charge on any atom is -0.355 e. The Morgan fingerprint density at radius 2 is 1.85 bits per heavy atom. The fraction of sp³-hybridized carbons (Fsp3) is 0.353. The molecule has 1 unspecified atom stereocenters. The summed E-state index contributed by atoms with van der Waals surface area (Å²) in [7, 11) is 0. The number of fused-ring (bicyclic) bond motifs is 1. The van der Waals surface area contributed by atoms with Gasteiger partial charge in [0.2, 0.25) is 11.9 Å². The molecule has 0 saturated heterocycles. The van der Waals surface area contributed by atoms with Gasteiger partial charge in [0.15, 0.2) is 10.9 Å². The Balaban J connectivity index is 1.89.